The van der Waals surface area contributed by atoms with Crippen molar-refractivity contribution in [3.05, 3.63) is 76.8 Å². The van der Waals surface area contributed by atoms with E-state index in [2.05, 4.69) is 17.1 Å². The number of fused-ring (bicyclic) bond motifs is 2. The number of aliphatic carboxylic acids is 1. The molecule has 2 atom stereocenters. The minimum atomic E-state index is -0.810. The number of rotatable bonds is 9. The number of carboxylic acids is 1. The topological polar surface area (TPSA) is 91.6 Å². The molecule has 6 rings (SSSR count). The maximum absolute atomic E-state index is 11.3. The van der Waals surface area contributed by atoms with Crippen LogP contribution in [-0.2, 0) is 10.4 Å². The fraction of sp³-hybridized carbons (Fsp3) is 0.455. The number of dihydropyridines is 1. The zero-order valence-corrected chi connectivity index (χ0v) is 23.9. The molecule has 2 fully saturated rings. The van der Waals surface area contributed by atoms with Crippen LogP contribution in [0.4, 0.5) is 0 Å². The zero-order chi connectivity index (χ0) is 28.5. The molecule has 1 saturated heterocycles. The molecule has 1 saturated carbocycles. The molecule has 2 N–H and O–H groups in total. The van der Waals surface area contributed by atoms with Gasteiger partial charge in [0.2, 0.25) is 0 Å². The predicted molar refractivity (Wildman–Crippen MR) is 160 cm³/mol. The number of piperidine rings is 1. The minimum absolute atomic E-state index is 0.0117. The van der Waals surface area contributed by atoms with Crippen LogP contribution >= 0.6 is 11.6 Å². The second-order valence-corrected chi connectivity index (χ2v) is 12.4. The lowest BCUT2D eigenvalue weighted by Gasteiger charge is -2.38. The Morgan fingerprint density at radius 3 is 2.66 bits per heavy atom. The quantitative estimate of drug-likeness (QED) is 0.395. The van der Waals surface area contributed by atoms with Gasteiger partial charge in [-0.1, -0.05) is 35.9 Å². The molecule has 0 bridgehead atoms. The van der Waals surface area contributed by atoms with Gasteiger partial charge in [0, 0.05) is 47.8 Å². The van der Waals surface area contributed by atoms with Gasteiger partial charge < -0.3 is 24.6 Å². The number of aliphatic imine (C=N–C) groups is 1. The van der Waals surface area contributed by atoms with Crippen LogP contribution < -0.4 is 9.47 Å². The van der Waals surface area contributed by atoms with Crippen molar-refractivity contribution in [1.29, 1.82) is 0 Å². The molecule has 216 valence electrons. The molecule has 3 heterocycles. The van der Waals surface area contributed by atoms with E-state index < -0.39 is 11.6 Å². The highest BCUT2D eigenvalue weighted by atomic mass is 35.5. The SMILES string of the molecule is O=C(O)CC1(COc2ccc3c(c2)/C(=C/CCN2CCC(O)(c4ccc(Cl)cc4)CC2)C2C=CC=NC2CO3)CC1. The summed E-state index contributed by atoms with van der Waals surface area (Å²) in [6.07, 6.45) is 12.5. The second kappa shape index (κ2) is 11.6. The number of aliphatic hydroxyl groups is 1. The first kappa shape index (κ1) is 28.0. The zero-order valence-electron chi connectivity index (χ0n) is 23.2. The van der Waals surface area contributed by atoms with E-state index in [4.69, 9.17) is 26.1 Å². The van der Waals surface area contributed by atoms with Gasteiger partial charge in [0.25, 0.3) is 0 Å². The summed E-state index contributed by atoms with van der Waals surface area (Å²) >= 11 is 6.04. The van der Waals surface area contributed by atoms with Gasteiger partial charge in [0.1, 0.15) is 18.1 Å². The van der Waals surface area contributed by atoms with Gasteiger partial charge in [-0.25, -0.2) is 0 Å². The number of benzene rings is 2. The molecular weight excluding hydrogens is 540 g/mol. The van der Waals surface area contributed by atoms with E-state index in [0.717, 1.165) is 61.5 Å². The van der Waals surface area contributed by atoms with Crippen molar-refractivity contribution in [3.63, 3.8) is 0 Å². The van der Waals surface area contributed by atoms with Gasteiger partial charge in [-0.05, 0) is 79.6 Å². The van der Waals surface area contributed by atoms with Crippen molar-refractivity contribution in [3.8, 4) is 11.5 Å². The Balaban J connectivity index is 1.15. The van der Waals surface area contributed by atoms with E-state index in [0.29, 0.717) is 31.1 Å². The number of hydrogen-bond acceptors (Lipinski definition) is 6. The Kier molecular flexibility index (Phi) is 7.94. The highest BCUT2D eigenvalue weighted by Crippen LogP contribution is 2.49. The summed E-state index contributed by atoms with van der Waals surface area (Å²) in [5.41, 5.74) is 2.07. The Morgan fingerprint density at radius 1 is 1.15 bits per heavy atom. The maximum atomic E-state index is 11.3. The number of allylic oxidation sites excluding steroid dienone is 1. The van der Waals surface area contributed by atoms with Crippen molar-refractivity contribution < 1.29 is 24.5 Å². The van der Waals surface area contributed by atoms with Crippen LogP contribution in [0.3, 0.4) is 0 Å². The third-order valence-electron chi connectivity index (χ3n) is 9.03. The van der Waals surface area contributed by atoms with Crippen molar-refractivity contribution >= 4 is 29.4 Å². The molecule has 3 aliphatic heterocycles. The molecule has 0 amide bonds. The molecule has 1 aliphatic carbocycles. The van der Waals surface area contributed by atoms with E-state index >= 15 is 0 Å². The Labute approximate surface area is 246 Å². The second-order valence-electron chi connectivity index (χ2n) is 11.9. The standard InChI is InChI=1S/C33H37ClN2O5/c34-24-7-5-23(6-8-24)33(39)13-17-36(18-14-33)16-2-4-26-27-3-1-15-35-29(27)21-40-30-10-9-25(19-28(26)30)41-22-32(11-12-32)20-31(37)38/h1,3-10,15,19,27,29,39H,2,11-14,16-18,20-22H2,(H,37,38)/b26-4+. The average molecular weight is 577 g/mol. The number of ether oxygens (including phenoxy) is 2. The minimum Gasteiger partial charge on any atom is -0.493 e. The Morgan fingerprint density at radius 2 is 1.93 bits per heavy atom. The molecule has 8 heteroatoms. The first-order valence-corrected chi connectivity index (χ1v) is 14.9. The summed E-state index contributed by atoms with van der Waals surface area (Å²) < 4.78 is 12.4. The van der Waals surface area contributed by atoms with Crippen molar-refractivity contribution in [2.75, 3.05) is 32.8 Å². The van der Waals surface area contributed by atoms with Gasteiger partial charge in [0.15, 0.2) is 0 Å². The van der Waals surface area contributed by atoms with Crippen molar-refractivity contribution in [1.82, 2.24) is 4.90 Å². The molecular formula is C33H37ClN2O5. The lowest BCUT2D eigenvalue weighted by atomic mass is 9.84. The Bertz CT molecular complexity index is 1360. The van der Waals surface area contributed by atoms with E-state index in [-0.39, 0.29) is 23.8 Å². The number of hydrogen-bond donors (Lipinski definition) is 2. The van der Waals surface area contributed by atoms with Crippen LogP contribution in [0.25, 0.3) is 5.57 Å². The van der Waals surface area contributed by atoms with Crippen LogP contribution in [0.5, 0.6) is 11.5 Å². The van der Waals surface area contributed by atoms with Crippen molar-refractivity contribution in [2.45, 2.75) is 50.2 Å². The number of halogens is 1. The lowest BCUT2D eigenvalue weighted by Crippen LogP contribution is -2.42. The van der Waals surface area contributed by atoms with Gasteiger partial charge in [-0.2, -0.15) is 0 Å². The predicted octanol–water partition coefficient (Wildman–Crippen LogP) is 5.75. The van der Waals surface area contributed by atoms with Crippen molar-refractivity contribution in [2.24, 2.45) is 16.3 Å². The smallest absolute Gasteiger partial charge is 0.304 e. The first-order chi connectivity index (χ1) is 19.8. The highest BCUT2D eigenvalue weighted by Gasteiger charge is 2.45. The summed E-state index contributed by atoms with van der Waals surface area (Å²) in [5, 5.41) is 21.2. The van der Waals surface area contributed by atoms with Crippen LogP contribution in [0, 0.1) is 11.3 Å². The van der Waals surface area contributed by atoms with Crippen LogP contribution in [0.1, 0.15) is 49.7 Å². The Hall–Kier alpha value is -3.13. The van der Waals surface area contributed by atoms with E-state index in [1.807, 2.05) is 54.8 Å². The molecule has 2 unspecified atom stereocenters. The number of nitrogens with zero attached hydrogens (tertiary/aromatic N) is 2. The fourth-order valence-electron chi connectivity index (χ4n) is 6.26. The maximum Gasteiger partial charge on any atom is 0.304 e. The van der Waals surface area contributed by atoms with Gasteiger partial charge in [-0.3, -0.25) is 9.79 Å². The summed E-state index contributed by atoms with van der Waals surface area (Å²) in [5.74, 6) is 0.883. The molecule has 2 aromatic rings. The average Bonchev–Trinajstić information content (AvgIpc) is 3.75. The summed E-state index contributed by atoms with van der Waals surface area (Å²) in [6, 6.07) is 13.5. The third-order valence-corrected chi connectivity index (χ3v) is 9.28. The number of carbonyl (C=O) groups is 1. The largest absolute Gasteiger partial charge is 0.493 e. The van der Waals surface area contributed by atoms with Gasteiger partial charge >= 0.3 is 5.97 Å². The molecule has 0 spiro atoms. The van der Waals surface area contributed by atoms with Gasteiger partial charge in [-0.15, -0.1) is 0 Å². The first-order valence-electron chi connectivity index (χ1n) is 14.6. The molecule has 4 aliphatic rings. The summed E-state index contributed by atoms with van der Waals surface area (Å²) in [6.45, 7) is 3.47. The lowest BCUT2D eigenvalue weighted by molar-refractivity contribution is -0.138. The van der Waals surface area contributed by atoms with Crippen LogP contribution in [-0.4, -0.2) is 66.2 Å². The fourth-order valence-corrected chi connectivity index (χ4v) is 6.39. The van der Waals surface area contributed by atoms with E-state index in [1.165, 1.54) is 5.57 Å². The van der Waals surface area contributed by atoms with Crippen LogP contribution in [0.15, 0.2) is 65.7 Å². The van der Waals surface area contributed by atoms with E-state index in [9.17, 15) is 15.0 Å². The number of carboxylic acid groups (broad SMARTS) is 1. The summed E-state index contributed by atoms with van der Waals surface area (Å²) in [4.78, 5) is 18.4. The summed E-state index contributed by atoms with van der Waals surface area (Å²) in [7, 11) is 0. The normalized spacial score (nSPS) is 25.1. The molecule has 41 heavy (non-hydrogen) atoms. The molecule has 7 nitrogen and oxygen atoms in total. The van der Waals surface area contributed by atoms with Crippen LogP contribution in [0.2, 0.25) is 5.02 Å². The highest BCUT2D eigenvalue weighted by molar-refractivity contribution is 6.30. The molecule has 2 aromatic carbocycles. The number of likely N-dealkylation sites (tertiary alicyclic amines) is 1. The monoisotopic (exact) mass is 576 g/mol. The van der Waals surface area contributed by atoms with Gasteiger partial charge in [0.05, 0.1) is 24.7 Å². The third kappa shape index (κ3) is 6.37. The molecule has 0 radical (unpaired) electrons. The van der Waals surface area contributed by atoms with E-state index in [1.54, 1.807) is 0 Å². The molecule has 0 aromatic heterocycles.